The maximum Gasteiger partial charge on any atom is 0.340 e. The Morgan fingerprint density at radius 3 is 2.65 bits per heavy atom. The van der Waals surface area contributed by atoms with Gasteiger partial charge in [0.2, 0.25) is 0 Å². The van der Waals surface area contributed by atoms with Crippen LogP contribution in [0.3, 0.4) is 0 Å². The smallest absolute Gasteiger partial charge is 0.340 e. The van der Waals surface area contributed by atoms with Crippen molar-refractivity contribution < 1.29 is 18.7 Å². The van der Waals surface area contributed by atoms with Crippen LogP contribution < -0.4 is 4.74 Å². The second kappa shape index (κ2) is 6.52. The molecule has 0 atom stereocenters. The normalized spacial score (nSPS) is 10.7. The molecule has 118 valence electrons. The fraction of sp³-hybridized carbons (Fsp3) is 0.167. The molecule has 3 rings (SSSR count). The van der Waals surface area contributed by atoms with Gasteiger partial charge in [0, 0.05) is 17.1 Å². The first-order valence-corrected chi connectivity index (χ1v) is 7.24. The predicted molar refractivity (Wildman–Crippen MR) is 85.2 cm³/mol. The molecule has 4 nitrogen and oxygen atoms in total. The van der Waals surface area contributed by atoms with E-state index in [2.05, 4.69) is 0 Å². The van der Waals surface area contributed by atoms with Crippen LogP contribution in [0.1, 0.15) is 10.4 Å². The van der Waals surface area contributed by atoms with Crippen LogP contribution in [0.5, 0.6) is 5.75 Å². The molecule has 0 aliphatic carbocycles. The maximum absolute atomic E-state index is 13.5. The first-order chi connectivity index (χ1) is 11.2. The number of ether oxygens (including phenoxy) is 2. The van der Waals surface area contributed by atoms with Gasteiger partial charge < -0.3 is 14.0 Å². The SMILES string of the molecule is COC(=O)c1cn(CCOc2ccccc2F)c2ccccc12. The quantitative estimate of drug-likeness (QED) is 0.675. The Kier molecular flexibility index (Phi) is 4.28. The number of nitrogens with zero attached hydrogens (tertiary/aromatic N) is 1. The number of fused-ring (bicyclic) bond motifs is 1. The van der Waals surface area contributed by atoms with Gasteiger partial charge in [0.1, 0.15) is 6.61 Å². The summed E-state index contributed by atoms with van der Waals surface area (Å²) < 4.78 is 25.7. The van der Waals surface area contributed by atoms with Gasteiger partial charge in [-0.2, -0.15) is 0 Å². The molecule has 0 saturated carbocycles. The van der Waals surface area contributed by atoms with Crippen molar-refractivity contribution in [1.29, 1.82) is 0 Å². The third-order valence-electron chi connectivity index (χ3n) is 3.62. The number of halogens is 1. The lowest BCUT2D eigenvalue weighted by Crippen LogP contribution is -2.08. The fourth-order valence-corrected chi connectivity index (χ4v) is 2.52. The second-order valence-corrected chi connectivity index (χ2v) is 5.02. The van der Waals surface area contributed by atoms with E-state index >= 15 is 0 Å². The van der Waals surface area contributed by atoms with Crippen LogP contribution in [-0.2, 0) is 11.3 Å². The average molecular weight is 313 g/mol. The largest absolute Gasteiger partial charge is 0.489 e. The van der Waals surface area contributed by atoms with Crippen molar-refractivity contribution in [2.75, 3.05) is 13.7 Å². The Morgan fingerprint density at radius 1 is 1.13 bits per heavy atom. The van der Waals surface area contributed by atoms with Crippen LogP contribution in [0.2, 0.25) is 0 Å². The van der Waals surface area contributed by atoms with Crippen LogP contribution >= 0.6 is 0 Å². The van der Waals surface area contributed by atoms with Crippen LogP contribution in [0.4, 0.5) is 4.39 Å². The topological polar surface area (TPSA) is 40.5 Å². The van der Waals surface area contributed by atoms with E-state index in [1.54, 1.807) is 24.4 Å². The first-order valence-electron chi connectivity index (χ1n) is 7.24. The maximum atomic E-state index is 13.5. The Labute approximate surface area is 133 Å². The Morgan fingerprint density at radius 2 is 1.87 bits per heavy atom. The minimum Gasteiger partial charge on any atom is -0.489 e. The summed E-state index contributed by atoms with van der Waals surface area (Å²) in [5.74, 6) is -0.549. The monoisotopic (exact) mass is 313 g/mol. The number of carbonyl (C=O) groups excluding carboxylic acids is 1. The highest BCUT2D eigenvalue weighted by Crippen LogP contribution is 2.22. The zero-order chi connectivity index (χ0) is 16.2. The summed E-state index contributed by atoms with van der Waals surface area (Å²) in [4.78, 5) is 11.9. The third kappa shape index (κ3) is 3.04. The highest BCUT2D eigenvalue weighted by Gasteiger charge is 2.15. The van der Waals surface area contributed by atoms with Crippen molar-refractivity contribution in [2.45, 2.75) is 6.54 Å². The van der Waals surface area contributed by atoms with E-state index in [1.807, 2.05) is 28.8 Å². The number of methoxy groups -OCH3 is 1. The number of rotatable bonds is 5. The van der Waals surface area contributed by atoms with E-state index in [1.165, 1.54) is 13.2 Å². The molecule has 0 spiro atoms. The van der Waals surface area contributed by atoms with E-state index in [9.17, 15) is 9.18 Å². The van der Waals surface area contributed by atoms with E-state index in [-0.39, 0.29) is 17.5 Å². The van der Waals surface area contributed by atoms with Crippen molar-refractivity contribution in [2.24, 2.45) is 0 Å². The van der Waals surface area contributed by atoms with Crippen molar-refractivity contribution in [1.82, 2.24) is 4.57 Å². The van der Waals surface area contributed by atoms with Gasteiger partial charge in [-0.05, 0) is 18.2 Å². The first kappa shape index (κ1) is 15.1. The van der Waals surface area contributed by atoms with Gasteiger partial charge in [0.25, 0.3) is 0 Å². The molecule has 0 N–H and O–H groups in total. The summed E-state index contributed by atoms with van der Waals surface area (Å²) >= 11 is 0. The van der Waals surface area contributed by atoms with Gasteiger partial charge in [-0.3, -0.25) is 0 Å². The molecule has 0 unspecified atom stereocenters. The number of benzene rings is 2. The van der Waals surface area contributed by atoms with Crippen LogP contribution in [-0.4, -0.2) is 24.3 Å². The van der Waals surface area contributed by atoms with Crippen LogP contribution in [0.25, 0.3) is 10.9 Å². The zero-order valence-corrected chi connectivity index (χ0v) is 12.7. The molecule has 0 radical (unpaired) electrons. The van der Waals surface area contributed by atoms with Gasteiger partial charge in [0.05, 0.1) is 19.2 Å². The molecule has 1 aromatic heterocycles. The van der Waals surface area contributed by atoms with Gasteiger partial charge >= 0.3 is 5.97 Å². The molecule has 0 aliphatic heterocycles. The van der Waals surface area contributed by atoms with Gasteiger partial charge in [-0.1, -0.05) is 30.3 Å². The van der Waals surface area contributed by atoms with E-state index < -0.39 is 0 Å². The number of carbonyl (C=O) groups is 1. The molecule has 1 heterocycles. The molecular weight excluding hydrogens is 297 g/mol. The molecule has 0 saturated heterocycles. The van der Waals surface area contributed by atoms with Crippen LogP contribution in [0, 0.1) is 5.82 Å². The predicted octanol–water partition coefficient (Wildman–Crippen LogP) is 3.65. The Hall–Kier alpha value is -2.82. The van der Waals surface area contributed by atoms with Gasteiger partial charge in [-0.15, -0.1) is 0 Å². The highest BCUT2D eigenvalue weighted by molar-refractivity contribution is 6.04. The summed E-state index contributed by atoms with van der Waals surface area (Å²) in [6, 6.07) is 13.8. The average Bonchev–Trinajstić information content (AvgIpc) is 2.95. The Bertz CT molecular complexity index is 841. The minimum atomic E-state index is -0.389. The lowest BCUT2D eigenvalue weighted by molar-refractivity contribution is 0.0602. The second-order valence-electron chi connectivity index (χ2n) is 5.02. The van der Waals surface area contributed by atoms with Crippen molar-refractivity contribution in [3.05, 3.63) is 66.1 Å². The van der Waals surface area contributed by atoms with Crippen molar-refractivity contribution in [3.63, 3.8) is 0 Å². The number of aromatic nitrogens is 1. The number of para-hydroxylation sites is 2. The summed E-state index contributed by atoms with van der Waals surface area (Å²) in [5.41, 5.74) is 1.42. The molecule has 23 heavy (non-hydrogen) atoms. The molecular formula is C18H16FNO3. The standard InChI is InChI=1S/C18H16FNO3/c1-22-18(21)14-12-20(16-8-4-2-6-13(14)16)10-11-23-17-9-5-3-7-15(17)19/h2-9,12H,10-11H2,1H3. The molecule has 2 aromatic carbocycles. The summed E-state index contributed by atoms with van der Waals surface area (Å²) in [7, 11) is 1.36. The molecule has 0 aliphatic rings. The fourth-order valence-electron chi connectivity index (χ4n) is 2.52. The van der Waals surface area contributed by atoms with Crippen molar-refractivity contribution in [3.8, 4) is 5.75 Å². The van der Waals surface area contributed by atoms with Gasteiger partial charge in [0.15, 0.2) is 11.6 Å². The minimum absolute atomic E-state index is 0.220. The molecule has 5 heteroatoms. The number of hydrogen-bond acceptors (Lipinski definition) is 3. The lowest BCUT2D eigenvalue weighted by atomic mass is 10.2. The van der Waals surface area contributed by atoms with E-state index in [0.29, 0.717) is 18.7 Å². The lowest BCUT2D eigenvalue weighted by Gasteiger charge is -2.08. The zero-order valence-electron chi connectivity index (χ0n) is 12.7. The van der Waals surface area contributed by atoms with Crippen molar-refractivity contribution >= 4 is 16.9 Å². The van der Waals surface area contributed by atoms with Gasteiger partial charge in [-0.25, -0.2) is 9.18 Å². The molecule has 0 fully saturated rings. The molecule has 0 bridgehead atoms. The molecule has 0 amide bonds. The molecule has 3 aromatic rings. The van der Waals surface area contributed by atoms with E-state index in [0.717, 1.165) is 10.9 Å². The number of esters is 1. The third-order valence-corrected chi connectivity index (χ3v) is 3.62. The van der Waals surface area contributed by atoms with Crippen LogP contribution in [0.15, 0.2) is 54.7 Å². The highest BCUT2D eigenvalue weighted by atomic mass is 19.1. The Balaban J connectivity index is 1.80. The van der Waals surface area contributed by atoms with E-state index in [4.69, 9.17) is 9.47 Å². The summed E-state index contributed by atoms with van der Waals surface area (Å²) in [6.07, 6.45) is 1.74. The summed E-state index contributed by atoms with van der Waals surface area (Å²) in [5, 5.41) is 0.824. The summed E-state index contributed by atoms with van der Waals surface area (Å²) in [6.45, 7) is 0.784. The number of hydrogen-bond donors (Lipinski definition) is 0.